The Balaban J connectivity index is 0.00000162. The van der Waals surface area contributed by atoms with E-state index in [1.807, 2.05) is 18.2 Å². The van der Waals surface area contributed by atoms with Crippen LogP contribution in [-0.2, 0) is 6.54 Å². The number of hydrogen-bond donors (Lipinski definition) is 3. The van der Waals surface area contributed by atoms with Gasteiger partial charge in [0.2, 0.25) is 0 Å². The number of benzene rings is 1. The summed E-state index contributed by atoms with van der Waals surface area (Å²) in [5, 5.41) is 5.52. The molecule has 0 bridgehead atoms. The highest BCUT2D eigenvalue weighted by atomic mass is 35.5. The van der Waals surface area contributed by atoms with Crippen LogP contribution in [0.4, 0.5) is 11.4 Å². The zero-order valence-electron chi connectivity index (χ0n) is 10.2. The van der Waals surface area contributed by atoms with Crippen molar-refractivity contribution in [2.45, 2.75) is 19.5 Å². The van der Waals surface area contributed by atoms with Crippen LogP contribution in [0.3, 0.4) is 0 Å². The van der Waals surface area contributed by atoms with Crippen molar-refractivity contribution in [2.24, 2.45) is 0 Å². The minimum absolute atomic E-state index is 0. The molecule has 0 radical (unpaired) electrons. The largest absolute Gasteiger partial charge is 0.399 e. The van der Waals surface area contributed by atoms with E-state index >= 15 is 0 Å². The van der Waals surface area contributed by atoms with Crippen molar-refractivity contribution in [3.05, 3.63) is 46.2 Å². The summed E-state index contributed by atoms with van der Waals surface area (Å²) in [6, 6.07) is 9.98. The van der Waals surface area contributed by atoms with E-state index < -0.39 is 0 Å². The Morgan fingerprint density at radius 2 is 2.06 bits per heavy atom. The van der Waals surface area contributed by atoms with Crippen LogP contribution >= 0.6 is 23.7 Å². The first-order chi connectivity index (χ1) is 8.16. The molecule has 1 aromatic heterocycles. The molecule has 0 aliphatic heterocycles. The highest BCUT2D eigenvalue weighted by Gasteiger charge is 2.09. The number of anilines is 2. The van der Waals surface area contributed by atoms with Crippen molar-refractivity contribution < 1.29 is 0 Å². The van der Waals surface area contributed by atoms with Gasteiger partial charge in [0.25, 0.3) is 0 Å². The summed E-state index contributed by atoms with van der Waals surface area (Å²) < 4.78 is 0. The van der Waals surface area contributed by atoms with Crippen LogP contribution in [0.1, 0.15) is 23.4 Å². The van der Waals surface area contributed by atoms with Crippen LogP contribution in [0.5, 0.6) is 0 Å². The molecule has 5 heteroatoms. The molecule has 1 unspecified atom stereocenters. The Hall–Kier alpha value is -1.23. The van der Waals surface area contributed by atoms with Gasteiger partial charge in [0.15, 0.2) is 0 Å². The number of nitrogens with two attached hydrogens (primary N) is 2. The van der Waals surface area contributed by atoms with E-state index in [4.69, 9.17) is 11.5 Å². The number of hydrogen-bond acceptors (Lipinski definition) is 4. The molecule has 0 aliphatic carbocycles. The third-order valence-electron chi connectivity index (χ3n) is 2.74. The van der Waals surface area contributed by atoms with Crippen LogP contribution in [0.15, 0.2) is 35.7 Å². The molecule has 18 heavy (non-hydrogen) atoms. The molecule has 0 saturated heterocycles. The zero-order chi connectivity index (χ0) is 12.3. The first-order valence-corrected chi connectivity index (χ1v) is 6.45. The number of nitrogens with one attached hydrogen (secondary N) is 1. The smallest absolute Gasteiger partial charge is 0.0363 e. The highest BCUT2D eigenvalue weighted by Crippen LogP contribution is 2.23. The van der Waals surface area contributed by atoms with Gasteiger partial charge in [0, 0.05) is 28.8 Å². The van der Waals surface area contributed by atoms with Crippen molar-refractivity contribution in [3.8, 4) is 0 Å². The van der Waals surface area contributed by atoms with Crippen molar-refractivity contribution in [1.29, 1.82) is 0 Å². The average Bonchev–Trinajstić information content (AvgIpc) is 2.82. The van der Waals surface area contributed by atoms with Crippen LogP contribution in [0.25, 0.3) is 0 Å². The molecular weight excluding hydrogens is 266 g/mol. The van der Waals surface area contributed by atoms with Gasteiger partial charge in [-0.15, -0.1) is 23.7 Å². The lowest BCUT2D eigenvalue weighted by Crippen LogP contribution is -2.18. The maximum absolute atomic E-state index is 5.95. The van der Waals surface area contributed by atoms with E-state index in [-0.39, 0.29) is 18.4 Å². The van der Waals surface area contributed by atoms with Gasteiger partial charge in [-0.3, -0.25) is 0 Å². The molecule has 0 aliphatic rings. The molecule has 98 valence electrons. The maximum atomic E-state index is 5.95. The second-order valence-corrected chi connectivity index (χ2v) is 5.10. The van der Waals surface area contributed by atoms with Crippen molar-refractivity contribution in [3.63, 3.8) is 0 Å². The topological polar surface area (TPSA) is 64.1 Å². The predicted molar refractivity (Wildman–Crippen MR) is 82.1 cm³/mol. The molecule has 1 aromatic carbocycles. The quantitative estimate of drug-likeness (QED) is 0.755. The van der Waals surface area contributed by atoms with Crippen molar-refractivity contribution in [1.82, 2.24) is 5.32 Å². The molecule has 1 heterocycles. The molecule has 3 nitrogen and oxygen atoms in total. The van der Waals surface area contributed by atoms with E-state index in [2.05, 4.69) is 29.8 Å². The van der Waals surface area contributed by atoms with E-state index in [9.17, 15) is 0 Å². The van der Waals surface area contributed by atoms with E-state index in [0.29, 0.717) is 0 Å². The standard InChI is InChI=1S/C13H17N3S.ClH/c1-9(16-8-11-3-2-6-17-11)12-7-10(14)4-5-13(12)15;/h2-7,9,16H,8,14-15H2,1H3;1H. The Labute approximate surface area is 118 Å². The fourth-order valence-electron chi connectivity index (χ4n) is 1.75. The summed E-state index contributed by atoms with van der Waals surface area (Å²) in [5.74, 6) is 0. The summed E-state index contributed by atoms with van der Waals surface area (Å²) in [6.45, 7) is 2.95. The molecule has 1 atom stereocenters. The van der Waals surface area contributed by atoms with Crippen LogP contribution in [-0.4, -0.2) is 0 Å². The Morgan fingerprint density at radius 1 is 1.28 bits per heavy atom. The third kappa shape index (κ3) is 3.63. The molecule has 2 aromatic rings. The van der Waals surface area contributed by atoms with Gasteiger partial charge in [-0.1, -0.05) is 6.07 Å². The number of thiophene rings is 1. The lowest BCUT2D eigenvalue weighted by atomic mass is 10.1. The minimum Gasteiger partial charge on any atom is -0.399 e. The Morgan fingerprint density at radius 3 is 2.72 bits per heavy atom. The summed E-state index contributed by atoms with van der Waals surface area (Å²) in [4.78, 5) is 1.32. The summed E-state index contributed by atoms with van der Waals surface area (Å²) in [5.41, 5.74) is 14.3. The zero-order valence-corrected chi connectivity index (χ0v) is 11.9. The van der Waals surface area contributed by atoms with Crippen molar-refractivity contribution in [2.75, 3.05) is 11.5 Å². The van der Waals surface area contributed by atoms with Gasteiger partial charge < -0.3 is 16.8 Å². The molecule has 2 rings (SSSR count). The van der Waals surface area contributed by atoms with Crippen LogP contribution in [0, 0.1) is 0 Å². The van der Waals surface area contributed by atoms with Gasteiger partial charge in [0.05, 0.1) is 0 Å². The maximum Gasteiger partial charge on any atom is 0.0363 e. The monoisotopic (exact) mass is 283 g/mol. The van der Waals surface area contributed by atoms with Gasteiger partial charge in [-0.2, -0.15) is 0 Å². The number of rotatable bonds is 4. The van der Waals surface area contributed by atoms with Gasteiger partial charge in [-0.05, 0) is 42.1 Å². The molecule has 0 fully saturated rings. The van der Waals surface area contributed by atoms with E-state index in [1.165, 1.54) is 4.88 Å². The van der Waals surface area contributed by atoms with Gasteiger partial charge in [0.1, 0.15) is 0 Å². The first-order valence-electron chi connectivity index (χ1n) is 5.57. The van der Waals surface area contributed by atoms with Gasteiger partial charge in [-0.25, -0.2) is 0 Å². The predicted octanol–water partition coefficient (Wildman–Crippen LogP) is 3.19. The first kappa shape index (κ1) is 14.8. The lowest BCUT2D eigenvalue weighted by molar-refractivity contribution is 0.580. The second kappa shape index (κ2) is 6.64. The minimum atomic E-state index is 0. The fourth-order valence-corrected chi connectivity index (χ4v) is 2.40. The fraction of sp³-hybridized carbons (Fsp3) is 0.231. The summed E-state index contributed by atoms with van der Waals surface area (Å²) in [7, 11) is 0. The molecule has 0 spiro atoms. The second-order valence-electron chi connectivity index (χ2n) is 4.07. The molecule has 0 amide bonds. The normalized spacial score (nSPS) is 11.8. The lowest BCUT2D eigenvalue weighted by Gasteiger charge is -2.16. The van der Waals surface area contributed by atoms with Crippen LogP contribution in [0.2, 0.25) is 0 Å². The number of nitrogen functional groups attached to an aromatic ring is 2. The Kier molecular flexibility index (Phi) is 5.47. The van der Waals surface area contributed by atoms with E-state index in [0.717, 1.165) is 23.5 Å². The summed E-state index contributed by atoms with van der Waals surface area (Å²) >= 11 is 1.75. The molecule has 5 N–H and O–H groups in total. The average molecular weight is 284 g/mol. The highest BCUT2D eigenvalue weighted by molar-refractivity contribution is 7.09. The van der Waals surface area contributed by atoms with E-state index in [1.54, 1.807) is 11.3 Å². The van der Waals surface area contributed by atoms with Gasteiger partial charge >= 0.3 is 0 Å². The molecule has 0 saturated carbocycles. The SMILES string of the molecule is CC(NCc1cccs1)c1cc(N)ccc1N.Cl. The third-order valence-corrected chi connectivity index (χ3v) is 3.62. The van der Waals surface area contributed by atoms with Crippen LogP contribution < -0.4 is 16.8 Å². The number of halogens is 1. The van der Waals surface area contributed by atoms with Crippen molar-refractivity contribution >= 4 is 35.1 Å². The Bertz CT molecular complexity index is 485. The molecular formula is C13H18ClN3S. The summed E-state index contributed by atoms with van der Waals surface area (Å²) in [6.07, 6.45) is 0.